The summed E-state index contributed by atoms with van der Waals surface area (Å²) in [6.45, 7) is 7.51. The molecule has 23 heavy (non-hydrogen) atoms. The minimum Gasteiger partial charge on any atom is -0.328 e. The molecule has 1 aromatic carbocycles. The minimum absolute atomic E-state index is 0.0408. The highest BCUT2D eigenvalue weighted by atomic mass is 16.2. The molecule has 0 radical (unpaired) electrons. The van der Waals surface area contributed by atoms with Gasteiger partial charge in [-0.2, -0.15) is 0 Å². The summed E-state index contributed by atoms with van der Waals surface area (Å²) in [5.41, 5.74) is 3.75. The summed E-state index contributed by atoms with van der Waals surface area (Å²) < 4.78 is 0. The summed E-state index contributed by atoms with van der Waals surface area (Å²) in [5, 5.41) is 1.82. The zero-order chi connectivity index (χ0) is 16.8. The van der Waals surface area contributed by atoms with E-state index in [9.17, 15) is 9.59 Å². The smallest absolute Gasteiger partial charge is 0.323 e. The number of nitrogens with zero attached hydrogens (tertiary/aromatic N) is 3. The summed E-state index contributed by atoms with van der Waals surface area (Å²) in [7, 11) is 2.05. The lowest BCUT2D eigenvalue weighted by atomic mass is 10.2. The van der Waals surface area contributed by atoms with Gasteiger partial charge in [-0.15, -0.1) is 0 Å². The average molecular weight is 318 g/mol. The van der Waals surface area contributed by atoms with Crippen molar-refractivity contribution in [3.63, 3.8) is 0 Å². The van der Waals surface area contributed by atoms with Crippen molar-refractivity contribution in [2.24, 2.45) is 0 Å². The van der Waals surface area contributed by atoms with Crippen molar-refractivity contribution in [3.05, 3.63) is 35.9 Å². The molecule has 1 heterocycles. The summed E-state index contributed by atoms with van der Waals surface area (Å²) in [6, 6.07) is 9.68. The van der Waals surface area contributed by atoms with E-state index < -0.39 is 11.8 Å². The van der Waals surface area contributed by atoms with Crippen molar-refractivity contribution in [3.8, 4) is 0 Å². The standard InChI is InChI=1S/C17H26N4O2/c1-14(2)21(13-15-7-5-4-6-8-15)17(23)16(22)18-20-11-9-19(3)10-12-20/h4-8,14H,9-13H2,1-3H3,(H,18,22). The molecule has 0 atom stereocenters. The van der Waals surface area contributed by atoms with Crippen LogP contribution in [-0.4, -0.2) is 65.9 Å². The number of rotatable bonds is 4. The number of hydrogen-bond donors (Lipinski definition) is 1. The summed E-state index contributed by atoms with van der Waals surface area (Å²) >= 11 is 0. The molecule has 1 aliphatic heterocycles. The van der Waals surface area contributed by atoms with Gasteiger partial charge in [-0.1, -0.05) is 30.3 Å². The molecule has 1 saturated heterocycles. The van der Waals surface area contributed by atoms with Crippen LogP contribution < -0.4 is 5.43 Å². The maximum absolute atomic E-state index is 12.5. The van der Waals surface area contributed by atoms with E-state index in [0.717, 1.165) is 31.7 Å². The molecular weight excluding hydrogens is 292 g/mol. The summed E-state index contributed by atoms with van der Waals surface area (Å²) in [6.07, 6.45) is 0. The van der Waals surface area contributed by atoms with Gasteiger partial charge < -0.3 is 9.80 Å². The molecule has 126 valence electrons. The third kappa shape index (κ3) is 5.04. The van der Waals surface area contributed by atoms with E-state index in [-0.39, 0.29) is 6.04 Å². The van der Waals surface area contributed by atoms with Crippen LogP contribution in [0.4, 0.5) is 0 Å². The van der Waals surface area contributed by atoms with Crippen LogP contribution in [0.25, 0.3) is 0 Å². The van der Waals surface area contributed by atoms with E-state index in [0.29, 0.717) is 6.54 Å². The molecule has 2 amide bonds. The second-order valence-electron chi connectivity index (χ2n) is 6.24. The Morgan fingerprint density at radius 3 is 2.30 bits per heavy atom. The fraction of sp³-hybridized carbons (Fsp3) is 0.529. The lowest BCUT2D eigenvalue weighted by molar-refractivity contribution is -0.150. The number of carbonyl (C=O) groups excluding carboxylic acids is 2. The van der Waals surface area contributed by atoms with Crippen molar-refractivity contribution < 1.29 is 9.59 Å². The molecule has 0 aliphatic carbocycles. The van der Waals surface area contributed by atoms with Crippen LogP contribution in [-0.2, 0) is 16.1 Å². The third-order valence-electron chi connectivity index (χ3n) is 4.04. The molecule has 6 heteroatoms. The Kier molecular flexibility index (Phi) is 6.12. The van der Waals surface area contributed by atoms with Crippen molar-refractivity contribution in [2.75, 3.05) is 33.2 Å². The van der Waals surface area contributed by atoms with Crippen molar-refractivity contribution in [2.45, 2.75) is 26.4 Å². The van der Waals surface area contributed by atoms with Gasteiger partial charge in [-0.25, -0.2) is 5.01 Å². The second-order valence-corrected chi connectivity index (χ2v) is 6.24. The molecule has 0 bridgehead atoms. The average Bonchev–Trinajstić information content (AvgIpc) is 2.55. The molecule has 2 rings (SSSR count). The zero-order valence-corrected chi connectivity index (χ0v) is 14.2. The molecule has 0 spiro atoms. The predicted molar refractivity (Wildman–Crippen MR) is 89.3 cm³/mol. The molecular formula is C17H26N4O2. The van der Waals surface area contributed by atoms with Crippen LogP contribution in [0.15, 0.2) is 30.3 Å². The number of nitrogens with one attached hydrogen (secondary N) is 1. The highest BCUT2D eigenvalue weighted by molar-refractivity contribution is 6.34. The van der Waals surface area contributed by atoms with Crippen LogP contribution in [0, 0.1) is 0 Å². The fourth-order valence-electron chi connectivity index (χ4n) is 2.51. The summed E-state index contributed by atoms with van der Waals surface area (Å²) in [5.74, 6) is -1.04. The largest absolute Gasteiger partial charge is 0.328 e. The van der Waals surface area contributed by atoms with Crippen LogP contribution in [0.2, 0.25) is 0 Å². The first-order chi connectivity index (χ1) is 11.0. The van der Waals surface area contributed by atoms with Gasteiger partial charge in [-0.05, 0) is 26.5 Å². The van der Waals surface area contributed by atoms with E-state index in [1.165, 1.54) is 0 Å². The number of likely N-dealkylation sites (N-methyl/N-ethyl adjacent to an activating group) is 1. The molecule has 0 saturated carbocycles. The normalized spacial score (nSPS) is 16.3. The number of benzene rings is 1. The van der Waals surface area contributed by atoms with Gasteiger partial charge in [0.05, 0.1) is 0 Å². The lowest BCUT2D eigenvalue weighted by Gasteiger charge is -2.33. The van der Waals surface area contributed by atoms with Crippen molar-refractivity contribution in [1.29, 1.82) is 0 Å². The van der Waals surface area contributed by atoms with Gasteiger partial charge in [0, 0.05) is 38.8 Å². The number of hydrazine groups is 1. The van der Waals surface area contributed by atoms with Crippen molar-refractivity contribution in [1.82, 2.24) is 20.2 Å². The Bertz CT molecular complexity index is 525. The highest BCUT2D eigenvalue weighted by Gasteiger charge is 2.26. The van der Waals surface area contributed by atoms with Crippen LogP contribution in [0.5, 0.6) is 0 Å². The van der Waals surface area contributed by atoms with E-state index in [2.05, 4.69) is 10.3 Å². The van der Waals surface area contributed by atoms with Crippen LogP contribution in [0.1, 0.15) is 19.4 Å². The Labute approximate surface area is 138 Å². The van der Waals surface area contributed by atoms with Crippen LogP contribution >= 0.6 is 0 Å². The molecule has 0 unspecified atom stereocenters. The number of amides is 2. The Balaban J connectivity index is 1.95. The summed E-state index contributed by atoms with van der Waals surface area (Å²) in [4.78, 5) is 28.6. The molecule has 1 aliphatic rings. The maximum atomic E-state index is 12.5. The van der Waals surface area contributed by atoms with Gasteiger partial charge >= 0.3 is 11.8 Å². The molecule has 6 nitrogen and oxygen atoms in total. The van der Waals surface area contributed by atoms with Gasteiger partial charge in [0.25, 0.3) is 0 Å². The first kappa shape index (κ1) is 17.4. The Morgan fingerprint density at radius 1 is 1.13 bits per heavy atom. The van der Waals surface area contributed by atoms with Crippen molar-refractivity contribution >= 4 is 11.8 Å². The van der Waals surface area contributed by atoms with Crippen LogP contribution in [0.3, 0.4) is 0 Å². The second kappa shape index (κ2) is 8.08. The zero-order valence-electron chi connectivity index (χ0n) is 14.2. The lowest BCUT2D eigenvalue weighted by Crippen LogP contribution is -2.56. The quantitative estimate of drug-likeness (QED) is 0.831. The minimum atomic E-state index is -0.556. The number of piperazine rings is 1. The van der Waals surface area contributed by atoms with E-state index in [1.54, 1.807) is 4.90 Å². The fourth-order valence-corrected chi connectivity index (χ4v) is 2.51. The SMILES string of the molecule is CC(C)N(Cc1ccccc1)C(=O)C(=O)NN1CCN(C)CC1. The Hall–Kier alpha value is -1.92. The monoisotopic (exact) mass is 318 g/mol. The maximum Gasteiger partial charge on any atom is 0.323 e. The van der Waals surface area contributed by atoms with Gasteiger partial charge in [-0.3, -0.25) is 15.0 Å². The number of carbonyl (C=O) groups is 2. The topological polar surface area (TPSA) is 55.9 Å². The molecule has 1 aromatic rings. The first-order valence-electron chi connectivity index (χ1n) is 8.06. The van der Waals surface area contributed by atoms with Gasteiger partial charge in [0.1, 0.15) is 0 Å². The molecule has 0 aromatic heterocycles. The third-order valence-corrected chi connectivity index (χ3v) is 4.04. The first-order valence-corrected chi connectivity index (χ1v) is 8.06. The molecule has 1 N–H and O–H groups in total. The van der Waals surface area contributed by atoms with E-state index in [4.69, 9.17) is 0 Å². The highest BCUT2D eigenvalue weighted by Crippen LogP contribution is 2.09. The van der Waals surface area contributed by atoms with Gasteiger partial charge in [0.2, 0.25) is 0 Å². The number of hydrogen-bond acceptors (Lipinski definition) is 4. The van der Waals surface area contributed by atoms with E-state index in [1.807, 2.05) is 56.2 Å². The van der Waals surface area contributed by atoms with E-state index >= 15 is 0 Å². The molecule has 1 fully saturated rings. The Morgan fingerprint density at radius 2 is 1.74 bits per heavy atom. The predicted octanol–water partition coefficient (Wildman–Crippen LogP) is 0.702. The van der Waals surface area contributed by atoms with Gasteiger partial charge in [0.15, 0.2) is 0 Å².